The summed E-state index contributed by atoms with van der Waals surface area (Å²) in [5, 5.41) is 8.44. The predicted molar refractivity (Wildman–Crippen MR) is 94.6 cm³/mol. The van der Waals surface area contributed by atoms with Gasteiger partial charge in [0.05, 0.1) is 0 Å². The molecule has 5 heteroatoms. The van der Waals surface area contributed by atoms with Crippen molar-refractivity contribution in [2.24, 2.45) is 0 Å². The fraction of sp³-hybridized carbons (Fsp3) is 0.250. The molecule has 130 valence electrons. The van der Waals surface area contributed by atoms with E-state index in [4.69, 9.17) is 14.7 Å². The molecule has 0 unspecified atom stereocenters. The van der Waals surface area contributed by atoms with Gasteiger partial charge in [0.2, 0.25) is 6.79 Å². The Morgan fingerprint density at radius 3 is 2.44 bits per heavy atom. The Kier molecular flexibility index (Phi) is 5.69. The average Bonchev–Trinajstić information content (AvgIpc) is 3.12. The van der Waals surface area contributed by atoms with Crippen molar-refractivity contribution in [1.29, 1.82) is 0 Å². The van der Waals surface area contributed by atoms with E-state index in [1.807, 2.05) is 18.2 Å². The van der Waals surface area contributed by atoms with Gasteiger partial charge in [-0.25, -0.2) is 5.48 Å². The van der Waals surface area contributed by atoms with Gasteiger partial charge in [-0.05, 0) is 60.6 Å². The lowest BCUT2D eigenvalue weighted by molar-refractivity contribution is -0.124. The molecule has 0 aliphatic carbocycles. The van der Waals surface area contributed by atoms with E-state index in [0.29, 0.717) is 6.79 Å². The van der Waals surface area contributed by atoms with Crippen LogP contribution < -0.4 is 15.0 Å². The summed E-state index contributed by atoms with van der Waals surface area (Å²) >= 11 is 0. The molecule has 0 saturated heterocycles. The number of rotatable bonds is 7. The van der Waals surface area contributed by atoms with Crippen LogP contribution in [0.5, 0.6) is 11.5 Å². The maximum atomic E-state index is 10.9. The fourth-order valence-electron chi connectivity index (χ4n) is 2.76. The molecule has 5 nitrogen and oxygen atoms in total. The number of ether oxygens (including phenoxy) is 2. The molecular weight excluding hydrogens is 318 g/mol. The van der Waals surface area contributed by atoms with Gasteiger partial charge in [-0.15, -0.1) is 0 Å². The summed E-state index contributed by atoms with van der Waals surface area (Å²) in [4.78, 5) is 10.9. The van der Waals surface area contributed by atoms with Crippen molar-refractivity contribution >= 4 is 12.0 Å². The quantitative estimate of drug-likeness (QED) is 0.351. The first-order chi connectivity index (χ1) is 12.2. The molecule has 0 bridgehead atoms. The Balaban J connectivity index is 1.43. The SMILES string of the molecule is O=C(/C=C/c1ccc(CCCCc2ccc3c(c2)OCO3)cc1)NO. The third-order valence-electron chi connectivity index (χ3n) is 4.13. The molecule has 0 spiro atoms. The lowest BCUT2D eigenvalue weighted by Gasteiger charge is -2.04. The van der Waals surface area contributed by atoms with Crippen LogP contribution in [-0.2, 0) is 17.6 Å². The first-order valence-electron chi connectivity index (χ1n) is 8.34. The zero-order valence-corrected chi connectivity index (χ0v) is 13.9. The summed E-state index contributed by atoms with van der Waals surface area (Å²) in [6, 6.07) is 14.2. The van der Waals surface area contributed by atoms with Crippen LogP contribution in [0.15, 0.2) is 48.5 Å². The van der Waals surface area contributed by atoms with Crippen molar-refractivity contribution in [3.63, 3.8) is 0 Å². The molecular formula is C20H21NO4. The molecule has 1 aliphatic rings. The summed E-state index contributed by atoms with van der Waals surface area (Å²) < 4.78 is 10.7. The Morgan fingerprint density at radius 1 is 1.00 bits per heavy atom. The zero-order chi connectivity index (χ0) is 17.5. The second-order valence-corrected chi connectivity index (χ2v) is 5.95. The van der Waals surface area contributed by atoms with Crippen LogP contribution >= 0.6 is 0 Å². The van der Waals surface area contributed by atoms with Gasteiger partial charge in [-0.3, -0.25) is 10.0 Å². The van der Waals surface area contributed by atoms with Gasteiger partial charge in [0.25, 0.3) is 5.91 Å². The van der Waals surface area contributed by atoms with Crippen LogP contribution in [0.25, 0.3) is 6.08 Å². The Bertz CT molecular complexity index is 753. The number of nitrogens with one attached hydrogen (secondary N) is 1. The lowest BCUT2D eigenvalue weighted by Crippen LogP contribution is -2.14. The first-order valence-corrected chi connectivity index (χ1v) is 8.34. The van der Waals surface area contributed by atoms with E-state index in [1.165, 1.54) is 17.2 Å². The highest BCUT2D eigenvalue weighted by Gasteiger charge is 2.12. The average molecular weight is 339 g/mol. The summed E-state index contributed by atoms with van der Waals surface area (Å²) in [7, 11) is 0. The van der Waals surface area contributed by atoms with Gasteiger partial charge in [-0.2, -0.15) is 0 Å². The van der Waals surface area contributed by atoms with Crippen LogP contribution in [0.3, 0.4) is 0 Å². The third kappa shape index (κ3) is 4.84. The minimum Gasteiger partial charge on any atom is -0.454 e. The van der Waals surface area contributed by atoms with E-state index >= 15 is 0 Å². The monoisotopic (exact) mass is 339 g/mol. The van der Waals surface area contributed by atoms with Gasteiger partial charge >= 0.3 is 0 Å². The highest BCUT2D eigenvalue weighted by molar-refractivity contribution is 5.90. The van der Waals surface area contributed by atoms with E-state index in [1.54, 1.807) is 11.6 Å². The minimum absolute atomic E-state index is 0.314. The smallest absolute Gasteiger partial charge is 0.267 e. The van der Waals surface area contributed by atoms with Crippen molar-refractivity contribution < 1.29 is 19.5 Å². The molecule has 1 amide bonds. The molecule has 0 aromatic heterocycles. The number of hydrogen-bond donors (Lipinski definition) is 2. The lowest BCUT2D eigenvalue weighted by atomic mass is 10.0. The number of benzene rings is 2. The summed E-state index contributed by atoms with van der Waals surface area (Å²) in [6.07, 6.45) is 7.21. The summed E-state index contributed by atoms with van der Waals surface area (Å²) in [5.74, 6) is 1.14. The Hall–Kier alpha value is -2.79. The van der Waals surface area contributed by atoms with Gasteiger partial charge in [0.1, 0.15) is 0 Å². The molecule has 2 aromatic carbocycles. The normalized spacial score (nSPS) is 12.5. The van der Waals surface area contributed by atoms with Crippen LogP contribution in [0.4, 0.5) is 0 Å². The molecule has 25 heavy (non-hydrogen) atoms. The van der Waals surface area contributed by atoms with Gasteiger partial charge in [-0.1, -0.05) is 30.3 Å². The molecule has 1 aliphatic heterocycles. The standard InChI is InChI=1S/C20H21NO4/c22-20(21-23)12-10-16-7-5-15(6-8-16)3-1-2-4-17-9-11-18-19(13-17)25-14-24-18/h5-13,23H,1-4,14H2,(H,21,22)/b12-10+. The van der Waals surface area contributed by atoms with Crippen molar-refractivity contribution in [2.45, 2.75) is 25.7 Å². The van der Waals surface area contributed by atoms with Gasteiger partial charge < -0.3 is 9.47 Å². The van der Waals surface area contributed by atoms with Crippen molar-refractivity contribution in [3.8, 4) is 11.5 Å². The number of hydroxylamine groups is 1. The topological polar surface area (TPSA) is 67.8 Å². The van der Waals surface area contributed by atoms with Crippen molar-refractivity contribution in [3.05, 3.63) is 65.2 Å². The second kappa shape index (κ2) is 8.35. The van der Waals surface area contributed by atoms with Crippen LogP contribution in [0.1, 0.15) is 29.5 Å². The molecule has 0 atom stereocenters. The molecule has 0 fully saturated rings. The summed E-state index contributed by atoms with van der Waals surface area (Å²) in [5.41, 5.74) is 5.03. The largest absolute Gasteiger partial charge is 0.454 e. The van der Waals surface area contributed by atoms with Crippen LogP contribution in [0, 0.1) is 0 Å². The van der Waals surface area contributed by atoms with E-state index in [2.05, 4.69) is 24.3 Å². The number of carbonyl (C=O) groups excluding carboxylic acids is 1. The minimum atomic E-state index is -0.535. The Morgan fingerprint density at radius 2 is 1.68 bits per heavy atom. The van der Waals surface area contributed by atoms with E-state index < -0.39 is 5.91 Å². The number of carbonyl (C=O) groups is 1. The number of aryl methyl sites for hydroxylation is 2. The zero-order valence-electron chi connectivity index (χ0n) is 13.9. The molecule has 2 N–H and O–H groups in total. The van der Waals surface area contributed by atoms with E-state index in [0.717, 1.165) is 42.7 Å². The maximum Gasteiger partial charge on any atom is 0.267 e. The van der Waals surface area contributed by atoms with Crippen LogP contribution in [-0.4, -0.2) is 17.9 Å². The number of fused-ring (bicyclic) bond motifs is 1. The summed E-state index contributed by atoms with van der Waals surface area (Å²) in [6.45, 7) is 0.314. The number of amides is 1. The van der Waals surface area contributed by atoms with Crippen molar-refractivity contribution in [2.75, 3.05) is 6.79 Å². The maximum absolute atomic E-state index is 10.9. The highest BCUT2D eigenvalue weighted by Crippen LogP contribution is 2.32. The highest BCUT2D eigenvalue weighted by atomic mass is 16.7. The first kappa shape index (κ1) is 17.0. The predicted octanol–water partition coefficient (Wildman–Crippen LogP) is 3.50. The second-order valence-electron chi connectivity index (χ2n) is 5.95. The molecule has 1 heterocycles. The number of unbranched alkanes of at least 4 members (excludes halogenated alkanes) is 1. The number of hydrogen-bond acceptors (Lipinski definition) is 4. The molecule has 2 aromatic rings. The third-order valence-corrected chi connectivity index (χ3v) is 4.13. The van der Waals surface area contributed by atoms with E-state index in [9.17, 15) is 4.79 Å². The van der Waals surface area contributed by atoms with Gasteiger partial charge in [0, 0.05) is 6.08 Å². The molecule has 0 radical (unpaired) electrons. The molecule has 0 saturated carbocycles. The van der Waals surface area contributed by atoms with E-state index in [-0.39, 0.29) is 0 Å². The van der Waals surface area contributed by atoms with Crippen molar-refractivity contribution in [1.82, 2.24) is 5.48 Å². The van der Waals surface area contributed by atoms with Gasteiger partial charge in [0.15, 0.2) is 11.5 Å². The van der Waals surface area contributed by atoms with Crippen LogP contribution in [0.2, 0.25) is 0 Å². The molecule has 3 rings (SSSR count). The Labute approximate surface area is 146 Å². The fourth-order valence-corrected chi connectivity index (χ4v) is 2.76.